The van der Waals surface area contributed by atoms with Crippen LogP contribution in [0.2, 0.25) is 0 Å². The number of nitrogens with zero attached hydrogens (tertiary/aromatic N) is 1. The van der Waals surface area contributed by atoms with Crippen LogP contribution in [0.1, 0.15) is 45.1 Å². The molecule has 1 aromatic carbocycles. The molecule has 0 radical (unpaired) electrons. The molecule has 2 N–H and O–H groups in total. The molecule has 25 heavy (non-hydrogen) atoms. The van der Waals surface area contributed by atoms with Crippen molar-refractivity contribution in [1.29, 1.82) is 0 Å². The second-order valence-corrected chi connectivity index (χ2v) is 6.87. The minimum atomic E-state index is -1.51. The van der Waals surface area contributed by atoms with E-state index in [1.54, 1.807) is 0 Å². The Morgan fingerprint density at radius 2 is 2.08 bits per heavy atom. The fraction of sp³-hybridized carbons (Fsp3) is 0.579. The molecule has 2 rings (SSSR count). The zero-order valence-corrected chi connectivity index (χ0v) is 15.2. The summed E-state index contributed by atoms with van der Waals surface area (Å²) in [5, 5.41) is 13.3. The number of ether oxygens (including phenoxy) is 1. The Balaban J connectivity index is 1.83. The quantitative estimate of drug-likeness (QED) is 0.767. The first-order valence-corrected chi connectivity index (χ1v) is 8.81. The van der Waals surface area contributed by atoms with E-state index in [0.29, 0.717) is 38.5 Å². The van der Waals surface area contributed by atoms with Crippen LogP contribution in [0.15, 0.2) is 24.3 Å². The fourth-order valence-electron chi connectivity index (χ4n) is 3.07. The molecular weight excluding hydrogens is 320 g/mol. The van der Waals surface area contributed by atoms with Gasteiger partial charge in [-0.15, -0.1) is 0 Å². The number of hydrogen-bond acceptors (Lipinski definition) is 4. The first-order chi connectivity index (χ1) is 11.8. The largest absolute Gasteiger partial charge is 0.491 e. The molecule has 1 aromatic rings. The van der Waals surface area contributed by atoms with E-state index in [9.17, 15) is 14.7 Å². The highest BCUT2D eigenvalue weighted by molar-refractivity contribution is 5.86. The van der Waals surface area contributed by atoms with Crippen molar-refractivity contribution < 1.29 is 19.4 Å². The third-order valence-corrected chi connectivity index (χ3v) is 4.53. The molecule has 6 heteroatoms. The Morgan fingerprint density at radius 1 is 1.36 bits per heavy atom. The van der Waals surface area contributed by atoms with Crippen molar-refractivity contribution in [3.05, 3.63) is 29.8 Å². The van der Waals surface area contributed by atoms with Crippen molar-refractivity contribution in [3.63, 3.8) is 0 Å². The summed E-state index contributed by atoms with van der Waals surface area (Å²) in [6, 6.07) is 7.83. The average molecular weight is 348 g/mol. The molecule has 0 bridgehead atoms. The number of β-amino-alcohol motifs (C(OH)–C–C–N with tert-alkyl or cyclic N) is 1. The molecule has 6 nitrogen and oxygen atoms in total. The van der Waals surface area contributed by atoms with Crippen molar-refractivity contribution in [2.45, 2.75) is 45.1 Å². The van der Waals surface area contributed by atoms with Gasteiger partial charge in [0.2, 0.25) is 5.91 Å². The molecule has 1 saturated heterocycles. The summed E-state index contributed by atoms with van der Waals surface area (Å²) in [6.45, 7) is 6.90. The van der Waals surface area contributed by atoms with E-state index < -0.39 is 11.5 Å². The molecule has 1 aliphatic heterocycles. The fourth-order valence-corrected chi connectivity index (χ4v) is 3.07. The van der Waals surface area contributed by atoms with Crippen LogP contribution in [-0.2, 0) is 9.59 Å². The van der Waals surface area contributed by atoms with Gasteiger partial charge < -0.3 is 20.1 Å². The van der Waals surface area contributed by atoms with Gasteiger partial charge in [0.15, 0.2) is 5.60 Å². The van der Waals surface area contributed by atoms with E-state index in [4.69, 9.17) is 4.74 Å². The Hall–Kier alpha value is -2.08. The van der Waals surface area contributed by atoms with Crippen LogP contribution in [-0.4, -0.2) is 53.7 Å². The number of amides is 2. The molecule has 0 aromatic heterocycles. The third-order valence-electron chi connectivity index (χ3n) is 4.53. The van der Waals surface area contributed by atoms with Crippen molar-refractivity contribution in [2.24, 2.45) is 0 Å². The Bertz CT molecular complexity index is 617. The van der Waals surface area contributed by atoms with Gasteiger partial charge in [0.05, 0.1) is 13.1 Å². The topological polar surface area (TPSA) is 78.9 Å². The van der Waals surface area contributed by atoms with E-state index in [0.717, 1.165) is 11.3 Å². The molecule has 1 atom stereocenters. The number of carbonyl (C=O) groups excluding carboxylic acids is 2. The third kappa shape index (κ3) is 4.95. The molecule has 1 aliphatic rings. The summed E-state index contributed by atoms with van der Waals surface area (Å²) in [5.74, 6) is 0.593. The molecular formula is C19H28N2O4. The van der Waals surface area contributed by atoms with Crippen LogP contribution < -0.4 is 10.1 Å². The lowest BCUT2D eigenvalue weighted by Crippen LogP contribution is -2.58. The Morgan fingerprint density at radius 3 is 2.76 bits per heavy atom. The number of nitrogens with one attached hydrogen (secondary N) is 1. The number of benzene rings is 1. The van der Waals surface area contributed by atoms with E-state index in [1.807, 2.05) is 24.3 Å². The average Bonchev–Trinajstić information content (AvgIpc) is 2.58. The summed E-state index contributed by atoms with van der Waals surface area (Å²) < 4.78 is 5.77. The second-order valence-electron chi connectivity index (χ2n) is 6.87. The summed E-state index contributed by atoms with van der Waals surface area (Å²) in [5.41, 5.74) is -0.392. The van der Waals surface area contributed by atoms with Crippen molar-refractivity contribution in [1.82, 2.24) is 10.2 Å². The SMILES string of the molecule is CC(=O)N1CCCC(O)(C(=O)NCCOc2ccccc2C(C)C)C1. The van der Waals surface area contributed by atoms with Gasteiger partial charge in [0.1, 0.15) is 12.4 Å². The number of carbonyl (C=O) groups is 2. The predicted molar refractivity (Wildman–Crippen MR) is 95.5 cm³/mol. The van der Waals surface area contributed by atoms with E-state index in [1.165, 1.54) is 11.8 Å². The van der Waals surface area contributed by atoms with Gasteiger partial charge >= 0.3 is 0 Å². The minimum Gasteiger partial charge on any atom is -0.491 e. The van der Waals surface area contributed by atoms with Crippen molar-refractivity contribution in [2.75, 3.05) is 26.2 Å². The summed E-state index contributed by atoms with van der Waals surface area (Å²) in [7, 11) is 0. The molecule has 138 valence electrons. The smallest absolute Gasteiger partial charge is 0.253 e. The Labute approximate surface area is 149 Å². The number of hydrogen-bond donors (Lipinski definition) is 2. The zero-order valence-electron chi connectivity index (χ0n) is 15.2. The van der Waals surface area contributed by atoms with Gasteiger partial charge in [0.25, 0.3) is 5.91 Å². The number of para-hydroxylation sites is 1. The maximum atomic E-state index is 12.3. The lowest BCUT2D eigenvalue weighted by atomic mass is 9.92. The van der Waals surface area contributed by atoms with E-state index >= 15 is 0 Å². The van der Waals surface area contributed by atoms with Crippen molar-refractivity contribution in [3.8, 4) is 5.75 Å². The molecule has 0 aliphatic carbocycles. The standard InChI is InChI=1S/C19H28N2O4/c1-14(2)16-7-4-5-8-17(16)25-12-10-20-18(23)19(24)9-6-11-21(13-19)15(3)22/h4-5,7-8,14,24H,6,9-13H2,1-3H3,(H,20,23). The van der Waals surface area contributed by atoms with Gasteiger partial charge in [-0.05, 0) is 30.4 Å². The monoisotopic (exact) mass is 348 g/mol. The minimum absolute atomic E-state index is 0.0468. The van der Waals surface area contributed by atoms with Gasteiger partial charge in [-0.2, -0.15) is 0 Å². The maximum absolute atomic E-state index is 12.3. The first-order valence-electron chi connectivity index (χ1n) is 8.81. The van der Waals surface area contributed by atoms with Gasteiger partial charge in [0, 0.05) is 13.5 Å². The van der Waals surface area contributed by atoms with Crippen LogP contribution in [0.5, 0.6) is 5.75 Å². The summed E-state index contributed by atoms with van der Waals surface area (Å²) in [6.07, 6.45) is 0.974. The number of piperidine rings is 1. The molecule has 2 amide bonds. The predicted octanol–water partition coefficient (Wildman–Crippen LogP) is 1.68. The second kappa shape index (κ2) is 8.34. The normalized spacial score (nSPS) is 20.4. The summed E-state index contributed by atoms with van der Waals surface area (Å²) in [4.78, 5) is 25.3. The van der Waals surface area contributed by atoms with Crippen LogP contribution in [0.3, 0.4) is 0 Å². The highest BCUT2D eigenvalue weighted by atomic mass is 16.5. The molecule has 0 saturated carbocycles. The highest BCUT2D eigenvalue weighted by Gasteiger charge is 2.40. The molecule has 0 spiro atoms. The maximum Gasteiger partial charge on any atom is 0.253 e. The molecule has 1 heterocycles. The van der Waals surface area contributed by atoms with E-state index in [2.05, 4.69) is 19.2 Å². The molecule has 1 unspecified atom stereocenters. The summed E-state index contributed by atoms with van der Waals surface area (Å²) >= 11 is 0. The van der Waals surface area contributed by atoms with Gasteiger partial charge in [-0.25, -0.2) is 0 Å². The number of rotatable bonds is 6. The number of likely N-dealkylation sites (tertiary alicyclic amines) is 1. The lowest BCUT2D eigenvalue weighted by molar-refractivity contribution is -0.150. The highest BCUT2D eigenvalue weighted by Crippen LogP contribution is 2.25. The van der Waals surface area contributed by atoms with Crippen molar-refractivity contribution >= 4 is 11.8 Å². The lowest BCUT2D eigenvalue weighted by Gasteiger charge is -2.37. The molecule has 1 fully saturated rings. The van der Waals surface area contributed by atoms with E-state index in [-0.39, 0.29) is 12.5 Å². The van der Waals surface area contributed by atoms with Crippen LogP contribution in [0.25, 0.3) is 0 Å². The Kier molecular flexibility index (Phi) is 6.42. The van der Waals surface area contributed by atoms with Crippen LogP contribution in [0.4, 0.5) is 0 Å². The zero-order chi connectivity index (χ0) is 18.4. The number of aliphatic hydroxyl groups is 1. The van der Waals surface area contributed by atoms with Crippen LogP contribution in [0, 0.1) is 0 Å². The van der Waals surface area contributed by atoms with Gasteiger partial charge in [-0.3, -0.25) is 9.59 Å². The van der Waals surface area contributed by atoms with Crippen LogP contribution >= 0.6 is 0 Å². The first kappa shape index (κ1) is 19.2. The van der Waals surface area contributed by atoms with Gasteiger partial charge in [-0.1, -0.05) is 32.0 Å².